The zero-order valence-corrected chi connectivity index (χ0v) is 18.3. The highest BCUT2D eigenvalue weighted by atomic mass is 32.2. The normalized spacial score (nSPS) is 11.4. The summed E-state index contributed by atoms with van der Waals surface area (Å²) in [5.41, 5.74) is 3.79. The van der Waals surface area contributed by atoms with Crippen LogP contribution in [0.2, 0.25) is 0 Å². The molecular weight excluding hydrogens is 432 g/mol. The van der Waals surface area contributed by atoms with E-state index in [4.69, 9.17) is 10.2 Å². The summed E-state index contributed by atoms with van der Waals surface area (Å²) in [7, 11) is -2.16. The van der Waals surface area contributed by atoms with Gasteiger partial charge in [0.25, 0.3) is 5.91 Å². The molecule has 0 saturated carbocycles. The van der Waals surface area contributed by atoms with Crippen LogP contribution >= 0.6 is 11.3 Å². The van der Waals surface area contributed by atoms with E-state index in [1.54, 1.807) is 11.7 Å². The summed E-state index contributed by atoms with van der Waals surface area (Å²) in [6.07, 6.45) is 1.91. The first-order chi connectivity index (χ1) is 14.8. The van der Waals surface area contributed by atoms with E-state index in [2.05, 4.69) is 0 Å². The van der Waals surface area contributed by atoms with Gasteiger partial charge in [-0.25, -0.2) is 18.2 Å². The van der Waals surface area contributed by atoms with Crippen molar-refractivity contribution in [2.75, 3.05) is 7.05 Å². The van der Waals surface area contributed by atoms with Crippen LogP contribution in [0.1, 0.15) is 15.9 Å². The highest BCUT2D eigenvalue weighted by molar-refractivity contribution is 7.91. The molecule has 2 N–H and O–H groups in total. The summed E-state index contributed by atoms with van der Waals surface area (Å²) in [5.74, 6) is -0.294. The summed E-state index contributed by atoms with van der Waals surface area (Å²) in [4.78, 5) is 14.4. The SMILES string of the molecule is CN(Cc1cn(-c2ccccc2)nc1-c1ccccc1)C(=O)c1csc(S(N)(=O)=O)c1. The lowest BCUT2D eigenvalue weighted by atomic mass is 10.1. The number of amides is 1. The molecule has 0 atom stereocenters. The fraction of sp³-hybridized carbons (Fsp3) is 0.0909. The molecule has 9 heteroatoms. The van der Waals surface area contributed by atoms with Crippen molar-refractivity contribution in [2.45, 2.75) is 10.8 Å². The zero-order valence-electron chi connectivity index (χ0n) is 16.7. The molecule has 2 aromatic heterocycles. The minimum Gasteiger partial charge on any atom is -0.337 e. The van der Waals surface area contributed by atoms with Crippen LogP contribution in [0.15, 0.2) is 82.5 Å². The number of sulfonamides is 1. The minimum absolute atomic E-state index is 0.0360. The fourth-order valence-corrected chi connectivity index (χ4v) is 4.78. The van der Waals surface area contributed by atoms with Gasteiger partial charge in [0.15, 0.2) is 0 Å². The number of nitrogens with zero attached hydrogens (tertiary/aromatic N) is 3. The fourth-order valence-electron chi connectivity index (χ4n) is 3.20. The predicted octanol–water partition coefficient (Wildman–Crippen LogP) is 3.52. The Kier molecular flexibility index (Phi) is 5.73. The van der Waals surface area contributed by atoms with Crippen molar-refractivity contribution in [3.05, 3.63) is 89.4 Å². The van der Waals surface area contributed by atoms with Gasteiger partial charge in [-0.05, 0) is 18.2 Å². The van der Waals surface area contributed by atoms with Crippen LogP contribution in [0.4, 0.5) is 0 Å². The van der Waals surface area contributed by atoms with Gasteiger partial charge in [0.1, 0.15) is 4.21 Å². The molecule has 4 rings (SSSR count). The first-order valence-electron chi connectivity index (χ1n) is 9.39. The Balaban J connectivity index is 1.66. The first kappa shape index (κ1) is 21.0. The van der Waals surface area contributed by atoms with E-state index in [-0.39, 0.29) is 15.7 Å². The Labute approximate surface area is 184 Å². The van der Waals surface area contributed by atoms with Gasteiger partial charge >= 0.3 is 0 Å². The molecule has 158 valence electrons. The van der Waals surface area contributed by atoms with Gasteiger partial charge in [0.2, 0.25) is 10.0 Å². The molecule has 7 nitrogen and oxygen atoms in total. The van der Waals surface area contributed by atoms with E-state index in [9.17, 15) is 13.2 Å². The quantitative estimate of drug-likeness (QED) is 0.484. The highest BCUT2D eigenvalue weighted by Gasteiger charge is 2.20. The topological polar surface area (TPSA) is 98.3 Å². The molecule has 0 saturated heterocycles. The lowest BCUT2D eigenvalue weighted by molar-refractivity contribution is 0.0785. The van der Waals surface area contributed by atoms with Crippen LogP contribution < -0.4 is 5.14 Å². The van der Waals surface area contributed by atoms with Crippen LogP contribution in [-0.2, 0) is 16.6 Å². The zero-order chi connectivity index (χ0) is 22.0. The molecule has 0 radical (unpaired) electrons. The number of para-hydroxylation sites is 1. The molecule has 0 unspecified atom stereocenters. The van der Waals surface area contributed by atoms with Gasteiger partial charge in [-0.3, -0.25) is 4.79 Å². The molecule has 31 heavy (non-hydrogen) atoms. The number of nitrogens with two attached hydrogens (primary N) is 1. The lowest BCUT2D eigenvalue weighted by Crippen LogP contribution is -2.26. The number of rotatable bonds is 6. The van der Waals surface area contributed by atoms with Gasteiger partial charge in [-0.1, -0.05) is 48.5 Å². The number of hydrogen-bond acceptors (Lipinski definition) is 5. The van der Waals surface area contributed by atoms with Gasteiger partial charge in [-0.2, -0.15) is 5.10 Å². The van der Waals surface area contributed by atoms with E-state index < -0.39 is 10.0 Å². The van der Waals surface area contributed by atoms with Gasteiger partial charge < -0.3 is 4.90 Å². The van der Waals surface area contributed by atoms with Gasteiger partial charge in [-0.15, -0.1) is 11.3 Å². The maximum Gasteiger partial charge on any atom is 0.254 e. The van der Waals surface area contributed by atoms with E-state index in [1.807, 2.05) is 66.9 Å². The van der Waals surface area contributed by atoms with Gasteiger partial charge in [0.05, 0.1) is 16.9 Å². The smallest absolute Gasteiger partial charge is 0.254 e. The number of carbonyl (C=O) groups excluding carboxylic acids is 1. The molecule has 0 aliphatic carbocycles. The molecule has 0 aliphatic heterocycles. The average Bonchev–Trinajstić information content (AvgIpc) is 3.42. The third-order valence-electron chi connectivity index (χ3n) is 4.71. The molecule has 0 bridgehead atoms. The van der Waals surface area contributed by atoms with Crippen molar-refractivity contribution >= 4 is 27.3 Å². The van der Waals surface area contributed by atoms with Crippen LogP contribution in [0.25, 0.3) is 16.9 Å². The Morgan fingerprint density at radius 1 is 1.10 bits per heavy atom. The highest BCUT2D eigenvalue weighted by Crippen LogP contribution is 2.26. The second kappa shape index (κ2) is 8.46. The minimum atomic E-state index is -3.84. The molecule has 2 heterocycles. The van der Waals surface area contributed by atoms with E-state index >= 15 is 0 Å². The monoisotopic (exact) mass is 452 g/mol. The maximum atomic E-state index is 12.9. The summed E-state index contributed by atoms with van der Waals surface area (Å²) in [5, 5.41) is 11.4. The van der Waals surface area contributed by atoms with Crippen molar-refractivity contribution in [3.8, 4) is 16.9 Å². The first-order valence-corrected chi connectivity index (χ1v) is 11.8. The lowest BCUT2D eigenvalue weighted by Gasteiger charge is -2.16. The molecule has 0 spiro atoms. The van der Waals surface area contributed by atoms with Crippen LogP contribution in [0, 0.1) is 0 Å². The number of benzene rings is 2. The second-order valence-corrected chi connectivity index (χ2v) is 9.71. The standard InChI is InChI=1S/C22H20N4O3S2/c1-25(22(27)17-12-20(30-15-17)31(23,28)29)13-18-14-26(19-10-6-3-7-11-19)24-21(18)16-8-4-2-5-9-16/h2-12,14-15H,13H2,1H3,(H2,23,28,29). The van der Waals surface area contributed by atoms with Crippen molar-refractivity contribution in [3.63, 3.8) is 0 Å². The number of aromatic nitrogens is 2. The van der Waals surface area contributed by atoms with Crippen molar-refractivity contribution < 1.29 is 13.2 Å². The summed E-state index contributed by atoms with van der Waals surface area (Å²) in [6, 6.07) is 20.8. The third-order valence-corrected chi connectivity index (χ3v) is 7.10. The molecule has 1 amide bonds. The Morgan fingerprint density at radius 3 is 2.35 bits per heavy atom. The largest absolute Gasteiger partial charge is 0.337 e. The van der Waals surface area contributed by atoms with Crippen LogP contribution in [0.5, 0.6) is 0 Å². The Morgan fingerprint density at radius 2 is 1.74 bits per heavy atom. The van der Waals surface area contributed by atoms with Crippen molar-refractivity contribution in [2.24, 2.45) is 5.14 Å². The number of carbonyl (C=O) groups is 1. The Hall–Kier alpha value is -3.27. The molecule has 0 fully saturated rings. The van der Waals surface area contributed by atoms with Crippen LogP contribution in [-0.4, -0.2) is 36.1 Å². The molecule has 0 aliphatic rings. The second-order valence-electron chi connectivity index (χ2n) is 7.01. The molecule has 4 aromatic rings. The van der Waals surface area contributed by atoms with E-state index in [1.165, 1.54) is 16.3 Å². The molecular formula is C22H20N4O3S2. The number of hydrogen-bond donors (Lipinski definition) is 1. The average molecular weight is 453 g/mol. The summed E-state index contributed by atoms with van der Waals surface area (Å²) >= 11 is 0.933. The predicted molar refractivity (Wildman–Crippen MR) is 120 cm³/mol. The summed E-state index contributed by atoms with van der Waals surface area (Å²) in [6.45, 7) is 0.302. The number of primary sulfonamides is 1. The third kappa shape index (κ3) is 4.58. The molecule has 2 aromatic carbocycles. The maximum absolute atomic E-state index is 12.9. The van der Waals surface area contributed by atoms with E-state index in [0.29, 0.717) is 6.54 Å². The van der Waals surface area contributed by atoms with Crippen molar-refractivity contribution in [1.29, 1.82) is 0 Å². The summed E-state index contributed by atoms with van der Waals surface area (Å²) < 4.78 is 24.8. The van der Waals surface area contributed by atoms with E-state index in [0.717, 1.165) is 33.8 Å². The van der Waals surface area contributed by atoms with Crippen LogP contribution in [0.3, 0.4) is 0 Å². The Bertz CT molecular complexity index is 1310. The van der Waals surface area contributed by atoms with Crippen molar-refractivity contribution in [1.82, 2.24) is 14.7 Å². The van der Waals surface area contributed by atoms with Gasteiger partial charge in [0, 0.05) is 36.3 Å². The number of thiophene rings is 1.